The van der Waals surface area contributed by atoms with Crippen LogP contribution in [0.5, 0.6) is 0 Å². The molecule has 0 aliphatic rings. The predicted molar refractivity (Wildman–Crippen MR) is 91.7 cm³/mol. The highest BCUT2D eigenvalue weighted by Crippen LogP contribution is 2.24. The highest BCUT2D eigenvalue weighted by Gasteiger charge is 2.19. The van der Waals surface area contributed by atoms with Crippen molar-refractivity contribution in [3.8, 4) is 0 Å². The molecule has 118 valence electrons. The van der Waals surface area contributed by atoms with Gasteiger partial charge >= 0.3 is 0 Å². The van der Waals surface area contributed by atoms with Crippen molar-refractivity contribution in [2.75, 3.05) is 6.54 Å². The van der Waals surface area contributed by atoms with Gasteiger partial charge in [-0.2, -0.15) is 0 Å². The summed E-state index contributed by atoms with van der Waals surface area (Å²) in [6.07, 6.45) is 1.15. The number of amides is 1. The molecule has 1 aromatic rings. The van der Waals surface area contributed by atoms with E-state index in [1.165, 1.54) is 5.56 Å². The first-order valence-corrected chi connectivity index (χ1v) is 8.48. The van der Waals surface area contributed by atoms with Crippen LogP contribution in [0.1, 0.15) is 46.6 Å². The standard InChI is InChI=1S/C17H28N2OS/c1-6-11-18-12-14-7-9-15(10-8-14)21-13(2)16(20)19-17(3,4)5/h7-10,13,18H,6,11-12H2,1-5H3,(H,19,20). The summed E-state index contributed by atoms with van der Waals surface area (Å²) >= 11 is 1.60. The second kappa shape index (κ2) is 8.44. The Morgan fingerprint density at radius 1 is 1.24 bits per heavy atom. The molecule has 0 bridgehead atoms. The molecule has 21 heavy (non-hydrogen) atoms. The summed E-state index contributed by atoms with van der Waals surface area (Å²) in [7, 11) is 0. The Kier molecular flexibility index (Phi) is 7.26. The topological polar surface area (TPSA) is 41.1 Å². The Morgan fingerprint density at radius 3 is 2.38 bits per heavy atom. The van der Waals surface area contributed by atoms with Gasteiger partial charge in [0.2, 0.25) is 5.91 Å². The van der Waals surface area contributed by atoms with Gasteiger partial charge in [-0.05, 0) is 58.4 Å². The van der Waals surface area contributed by atoms with E-state index in [2.05, 4.69) is 41.8 Å². The maximum absolute atomic E-state index is 12.1. The van der Waals surface area contributed by atoms with Gasteiger partial charge in [0.25, 0.3) is 0 Å². The van der Waals surface area contributed by atoms with Crippen LogP contribution >= 0.6 is 11.8 Å². The zero-order valence-corrected chi connectivity index (χ0v) is 14.6. The quantitative estimate of drug-likeness (QED) is 0.597. The third-order valence-electron chi connectivity index (χ3n) is 2.86. The average Bonchev–Trinajstić information content (AvgIpc) is 2.39. The summed E-state index contributed by atoms with van der Waals surface area (Å²) in [5.41, 5.74) is 1.10. The SMILES string of the molecule is CCCNCc1ccc(SC(C)C(=O)NC(C)(C)C)cc1. The summed E-state index contributed by atoms with van der Waals surface area (Å²) in [5.74, 6) is 0.0844. The maximum Gasteiger partial charge on any atom is 0.233 e. The van der Waals surface area contributed by atoms with Crippen LogP contribution in [0, 0.1) is 0 Å². The van der Waals surface area contributed by atoms with Crippen molar-refractivity contribution < 1.29 is 4.79 Å². The van der Waals surface area contributed by atoms with Crippen LogP contribution in [0.15, 0.2) is 29.2 Å². The highest BCUT2D eigenvalue weighted by molar-refractivity contribution is 8.00. The smallest absolute Gasteiger partial charge is 0.233 e. The molecular weight excluding hydrogens is 280 g/mol. The van der Waals surface area contributed by atoms with E-state index in [4.69, 9.17) is 0 Å². The zero-order valence-electron chi connectivity index (χ0n) is 13.8. The third-order valence-corrected chi connectivity index (χ3v) is 3.97. The Labute approximate surface area is 133 Å². The summed E-state index contributed by atoms with van der Waals surface area (Å²) in [4.78, 5) is 13.2. The van der Waals surface area contributed by atoms with Gasteiger partial charge in [0.1, 0.15) is 0 Å². The van der Waals surface area contributed by atoms with Gasteiger partial charge in [0, 0.05) is 17.0 Å². The van der Waals surface area contributed by atoms with Gasteiger partial charge in [0.15, 0.2) is 0 Å². The lowest BCUT2D eigenvalue weighted by molar-refractivity contribution is -0.121. The fourth-order valence-corrected chi connectivity index (χ4v) is 2.69. The van der Waals surface area contributed by atoms with E-state index in [-0.39, 0.29) is 16.7 Å². The van der Waals surface area contributed by atoms with Crippen molar-refractivity contribution in [2.24, 2.45) is 0 Å². The average molecular weight is 308 g/mol. The van der Waals surface area contributed by atoms with Crippen LogP contribution in [0.4, 0.5) is 0 Å². The first-order valence-electron chi connectivity index (χ1n) is 7.60. The van der Waals surface area contributed by atoms with Crippen molar-refractivity contribution in [1.82, 2.24) is 10.6 Å². The van der Waals surface area contributed by atoms with E-state index in [0.717, 1.165) is 24.4 Å². The van der Waals surface area contributed by atoms with E-state index in [0.29, 0.717) is 0 Å². The first-order chi connectivity index (χ1) is 9.81. The van der Waals surface area contributed by atoms with Crippen molar-refractivity contribution in [3.05, 3.63) is 29.8 Å². The minimum Gasteiger partial charge on any atom is -0.351 e. The number of rotatable bonds is 7. The maximum atomic E-state index is 12.1. The first kappa shape index (κ1) is 18.1. The number of nitrogens with one attached hydrogen (secondary N) is 2. The highest BCUT2D eigenvalue weighted by atomic mass is 32.2. The molecule has 1 atom stereocenters. The molecule has 1 aromatic carbocycles. The molecule has 0 heterocycles. The fourth-order valence-electron chi connectivity index (χ4n) is 1.82. The molecule has 0 aromatic heterocycles. The predicted octanol–water partition coefficient (Wildman–Crippen LogP) is 3.58. The van der Waals surface area contributed by atoms with E-state index in [9.17, 15) is 4.79 Å². The van der Waals surface area contributed by atoms with Gasteiger partial charge < -0.3 is 10.6 Å². The van der Waals surface area contributed by atoms with Crippen LogP contribution in [-0.2, 0) is 11.3 Å². The normalized spacial score (nSPS) is 13.0. The molecule has 0 saturated carbocycles. The molecule has 0 radical (unpaired) electrons. The minimum absolute atomic E-state index is 0.0844. The van der Waals surface area contributed by atoms with Gasteiger partial charge in [-0.15, -0.1) is 11.8 Å². The summed E-state index contributed by atoms with van der Waals surface area (Å²) in [5, 5.41) is 6.31. The van der Waals surface area contributed by atoms with E-state index in [1.807, 2.05) is 27.7 Å². The number of hydrogen-bond acceptors (Lipinski definition) is 3. The number of carbonyl (C=O) groups excluding carboxylic acids is 1. The lowest BCUT2D eigenvalue weighted by Crippen LogP contribution is -2.44. The Bertz CT molecular complexity index is 437. The molecule has 0 spiro atoms. The molecule has 0 aliphatic heterocycles. The molecule has 0 fully saturated rings. The summed E-state index contributed by atoms with van der Waals surface area (Å²) in [6, 6.07) is 8.43. The fraction of sp³-hybridized carbons (Fsp3) is 0.588. The molecule has 1 unspecified atom stereocenters. The molecular formula is C17H28N2OS. The van der Waals surface area contributed by atoms with E-state index < -0.39 is 0 Å². The molecule has 0 saturated heterocycles. The lowest BCUT2D eigenvalue weighted by Gasteiger charge is -2.23. The van der Waals surface area contributed by atoms with Gasteiger partial charge in [-0.25, -0.2) is 0 Å². The van der Waals surface area contributed by atoms with E-state index >= 15 is 0 Å². The molecule has 2 N–H and O–H groups in total. The second-order valence-electron chi connectivity index (χ2n) is 6.32. The van der Waals surface area contributed by atoms with Crippen LogP contribution < -0.4 is 10.6 Å². The van der Waals surface area contributed by atoms with Gasteiger partial charge in [0.05, 0.1) is 5.25 Å². The van der Waals surface area contributed by atoms with Gasteiger partial charge in [-0.1, -0.05) is 19.1 Å². The zero-order chi connectivity index (χ0) is 15.9. The van der Waals surface area contributed by atoms with Gasteiger partial charge in [-0.3, -0.25) is 4.79 Å². The number of carbonyl (C=O) groups is 1. The lowest BCUT2D eigenvalue weighted by atomic mass is 10.1. The Hall–Kier alpha value is -1.00. The molecule has 3 nitrogen and oxygen atoms in total. The van der Waals surface area contributed by atoms with Crippen molar-refractivity contribution in [2.45, 2.75) is 63.3 Å². The van der Waals surface area contributed by atoms with Crippen molar-refractivity contribution >= 4 is 17.7 Å². The third kappa shape index (κ3) is 7.53. The number of hydrogen-bond donors (Lipinski definition) is 2. The molecule has 0 aliphatic carbocycles. The minimum atomic E-state index is -0.180. The number of thioether (sulfide) groups is 1. The second-order valence-corrected chi connectivity index (χ2v) is 7.73. The van der Waals surface area contributed by atoms with Crippen LogP contribution in [-0.4, -0.2) is 23.2 Å². The van der Waals surface area contributed by atoms with Crippen LogP contribution in [0.2, 0.25) is 0 Å². The molecule has 4 heteroatoms. The Balaban J connectivity index is 2.49. The molecule has 1 rings (SSSR count). The van der Waals surface area contributed by atoms with Crippen molar-refractivity contribution in [1.29, 1.82) is 0 Å². The number of benzene rings is 1. The summed E-state index contributed by atoms with van der Waals surface area (Å²) in [6.45, 7) is 12.1. The van der Waals surface area contributed by atoms with Crippen molar-refractivity contribution in [3.63, 3.8) is 0 Å². The largest absolute Gasteiger partial charge is 0.351 e. The molecule has 1 amide bonds. The monoisotopic (exact) mass is 308 g/mol. The Morgan fingerprint density at radius 2 is 1.86 bits per heavy atom. The van der Waals surface area contributed by atoms with Crippen LogP contribution in [0.3, 0.4) is 0 Å². The van der Waals surface area contributed by atoms with Crippen LogP contribution in [0.25, 0.3) is 0 Å². The van der Waals surface area contributed by atoms with E-state index in [1.54, 1.807) is 11.8 Å². The summed E-state index contributed by atoms with van der Waals surface area (Å²) < 4.78 is 0.